The predicted octanol–water partition coefficient (Wildman–Crippen LogP) is 7.11. The van der Waals surface area contributed by atoms with Crippen LogP contribution >= 0.6 is 0 Å². The summed E-state index contributed by atoms with van der Waals surface area (Å²) in [5.74, 6) is -0.429. The summed E-state index contributed by atoms with van der Waals surface area (Å²) in [4.78, 5) is 13.7. The highest BCUT2D eigenvalue weighted by atomic mass is 19.3. The van der Waals surface area contributed by atoms with Gasteiger partial charge >= 0.3 is 12.4 Å². The standard InChI is InChI=1S/C32H34F3NO4/c1-20-22(11-7-12-23(20)21-9-3-2-4-10-21)19-39-28-17-29(40-31(35)30(33)34)26(24-13-8-14-25(24)28)18-36-16-6-5-15-27(36)32(37)38/h2-4,7,9-12,17,27,30-31H,5-6,8,13-16,18-19H2,1H3,(H,37,38). The van der Waals surface area contributed by atoms with E-state index in [-0.39, 0.29) is 18.9 Å². The number of alkyl halides is 3. The quantitative estimate of drug-likeness (QED) is 0.290. The zero-order valence-corrected chi connectivity index (χ0v) is 22.5. The summed E-state index contributed by atoms with van der Waals surface area (Å²) >= 11 is 0. The Morgan fingerprint density at radius 2 is 1.77 bits per heavy atom. The van der Waals surface area contributed by atoms with Gasteiger partial charge in [-0.05, 0) is 79.0 Å². The van der Waals surface area contributed by atoms with Crippen molar-refractivity contribution in [2.24, 2.45) is 0 Å². The van der Waals surface area contributed by atoms with E-state index in [1.807, 2.05) is 42.2 Å². The molecule has 0 saturated carbocycles. The molecule has 1 aliphatic heterocycles. The van der Waals surface area contributed by atoms with Crippen molar-refractivity contribution in [2.75, 3.05) is 6.54 Å². The average molecular weight is 554 g/mol. The molecule has 1 saturated heterocycles. The highest BCUT2D eigenvalue weighted by molar-refractivity contribution is 5.73. The fourth-order valence-corrected chi connectivity index (χ4v) is 5.96. The van der Waals surface area contributed by atoms with Crippen molar-refractivity contribution in [1.29, 1.82) is 0 Å². The Bertz CT molecular complexity index is 1350. The van der Waals surface area contributed by atoms with E-state index in [1.165, 1.54) is 6.07 Å². The van der Waals surface area contributed by atoms with Crippen LogP contribution in [0.1, 0.15) is 53.5 Å². The summed E-state index contributed by atoms with van der Waals surface area (Å²) in [6, 6.07) is 16.9. The maximum Gasteiger partial charge on any atom is 0.320 e. The second kappa shape index (κ2) is 12.3. The lowest BCUT2D eigenvalue weighted by atomic mass is 9.96. The molecule has 1 aliphatic carbocycles. The number of rotatable bonds is 10. The Hall–Kier alpha value is -3.52. The van der Waals surface area contributed by atoms with Crippen LogP contribution in [-0.2, 0) is 30.8 Å². The first-order valence-corrected chi connectivity index (χ1v) is 13.8. The number of hydrogen-bond acceptors (Lipinski definition) is 4. The molecule has 5 nitrogen and oxygen atoms in total. The van der Waals surface area contributed by atoms with Gasteiger partial charge in [-0.1, -0.05) is 55.0 Å². The fourth-order valence-electron chi connectivity index (χ4n) is 5.96. The van der Waals surface area contributed by atoms with Gasteiger partial charge in [-0.15, -0.1) is 0 Å². The monoisotopic (exact) mass is 553 g/mol. The Labute approximate surface area is 232 Å². The van der Waals surface area contributed by atoms with Crippen LogP contribution in [0.15, 0.2) is 54.6 Å². The van der Waals surface area contributed by atoms with Gasteiger partial charge in [0.2, 0.25) is 0 Å². The third-order valence-electron chi connectivity index (χ3n) is 8.05. The summed E-state index contributed by atoms with van der Waals surface area (Å²) in [5.41, 5.74) is 6.67. The maximum absolute atomic E-state index is 14.2. The molecule has 8 heteroatoms. The first-order chi connectivity index (χ1) is 19.3. The largest absolute Gasteiger partial charge is 0.488 e. The van der Waals surface area contributed by atoms with E-state index in [1.54, 1.807) is 0 Å². The van der Waals surface area contributed by atoms with Crippen LogP contribution in [0.3, 0.4) is 0 Å². The zero-order valence-electron chi connectivity index (χ0n) is 22.5. The third-order valence-corrected chi connectivity index (χ3v) is 8.05. The lowest BCUT2D eigenvalue weighted by Crippen LogP contribution is -2.44. The Morgan fingerprint density at radius 1 is 1.00 bits per heavy atom. The number of aliphatic carboxylic acids is 1. The number of carboxylic acids is 1. The molecule has 0 aromatic heterocycles. The Morgan fingerprint density at radius 3 is 2.52 bits per heavy atom. The van der Waals surface area contributed by atoms with Gasteiger partial charge in [0.25, 0.3) is 6.36 Å². The summed E-state index contributed by atoms with van der Waals surface area (Å²) in [5, 5.41) is 9.75. The van der Waals surface area contributed by atoms with Crippen LogP contribution in [0.25, 0.3) is 11.1 Å². The molecule has 5 rings (SSSR count). The molecule has 212 valence electrons. The topological polar surface area (TPSA) is 59.0 Å². The molecule has 1 fully saturated rings. The van der Waals surface area contributed by atoms with Gasteiger partial charge in [-0.3, -0.25) is 9.69 Å². The molecule has 0 radical (unpaired) electrons. The molecule has 0 spiro atoms. The number of piperidine rings is 1. The molecule has 1 N–H and O–H groups in total. The van der Waals surface area contributed by atoms with Crippen LogP contribution in [-0.4, -0.2) is 41.3 Å². The van der Waals surface area contributed by atoms with Gasteiger partial charge < -0.3 is 14.6 Å². The summed E-state index contributed by atoms with van der Waals surface area (Å²) in [7, 11) is 0. The predicted molar refractivity (Wildman–Crippen MR) is 147 cm³/mol. The smallest absolute Gasteiger partial charge is 0.320 e. The number of likely N-dealkylation sites (tertiary alicyclic amines) is 1. The van der Waals surface area contributed by atoms with Crippen LogP contribution in [0.4, 0.5) is 13.2 Å². The van der Waals surface area contributed by atoms with Crippen molar-refractivity contribution >= 4 is 5.97 Å². The van der Waals surface area contributed by atoms with Crippen molar-refractivity contribution in [1.82, 2.24) is 4.90 Å². The van der Waals surface area contributed by atoms with E-state index in [0.717, 1.165) is 59.1 Å². The van der Waals surface area contributed by atoms with Crippen LogP contribution in [0, 0.1) is 6.92 Å². The number of halogens is 3. The van der Waals surface area contributed by atoms with Gasteiger partial charge in [-0.25, -0.2) is 8.78 Å². The maximum atomic E-state index is 14.2. The molecule has 40 heavy (non-hydrogen) atoms. The minimum atomic E-state index is -3.31. The Kier molecular flexibility index (Phi) is 8.64. The second-order valence-electron chi connectivity index (χ2n) is 10.5. The van der Waals surface area contributed by atoms with E-state index < -0.39 is 24.8 Å². The van der Waals surface area contributed by atoms with Gasteiger partial charge in [0.1, 0.15) is 24.1 Å². The minimum absolute atomic E-state index is 0.00656. The van der Waals surface area contributed by atoms with E-state index in [4.69, 9.17) is 9.47 Å². The van der Waals surface area contributed by atoms with Gasteiger partial charge in [0, 0.05) is 18.2 Å². The van der Waals surface area contributed by atoms with Gasteiger partial charge in [0.05, 0.1) is 0 Å². The van der Waals surface area contributed by atoms with Crippen LogP contribution in [0.5, 0.6) is 11.5 Å². The highest BCUT2D eigenvalue weighted by Crippen LogP contribution is 2.42. The molecule has 3 aromatic rings. The van der Waals surface area contributed by atoms with Gasteiger partial charge in [-0.2, -0.15) is 4.39 Å². The van der Waals surface area contributed by atoms with E-state index in [0.29, 0.717) is 30.7 Å². The van der Waals surface area contributed by atoms with Crippen molar-refractivity contribution in [2.45, 2.75) is 77.4 Å². The lowest BCUT2D eigenvalue weighted by molar-refractivity contribution is -0.144. The van der Waals surface area contributed by atoms with Crippen molar-refractivity contribution < 1.29 is 32.5 Å². The molecule has 0 amide bonds. The molecule has 2 atom stereocenters. The number of nitrogens with zero attached hydrogens (tertiary/aromatic N) is 1. The summed E-state index contributed by atoms with van der Waals surface area (Å²) in [6.45, 7) is 3.05. The molecule has 3 aromatic carbocycles. The minimum Gasteiger partial charge on any atom is -0.488 e. The number of carboxylic acid groups (broad SMARTS) is 1. The number of carbonyl (C=O) groups is 1. The second-order valence-corrected chi connectivity index (χ2v) is 10.5. The SMILES string of the molecule is Cc1c(COc2cc(OC(F)C(F)F)c(CN3CCCCC3C(=O)O)c3c2CCC3)cccc1-c1ccccc1. The normalized spacial score (nSPS) is 18.0. The Balaban J connectivity index is 1.47. The average Bonchev–Trinajstić information content (AvgIpc) is 3.45. The fraction of sp³-hybridized carbons (Fsp3) is 0.406. The van der Waals surface area contributed by atoms with E-state index >= 15 is 0 Å². The molecule has 2 aliphatic rings. The van der Waals surface area contributed by atoms with Crippen LogP contribution < -0.4 is 9.47 Å². The molecule has 1 heterocycles. The number of benzene rings is 3. The van der Waals surface area contributed by atoms with Crippen molar-refractivity contribution in [3.05, 3.63) is 82.4 Å². The summed E-state index contributed by atoms with van der Waals surface area (Å²) in [6.07, 6.45) is -1.71. The van der Waals surface area contributed by atoms with Crippen LogP contribution in [0.2, 0.25) is 0 Å². The number of fused-ring (bicyclic) bond motifs is 1. The molecular weight excluding hydrogens is 519 g/mol. The summed E-state index contributed by atoms with van der Waals surface area (Å²) < 4.78 is 52.2. The van der Waals surface area contributed by atoms with Crippen molar-refractivity contribution in [3.63, 3.8) is 0 Å². The lowest BCUT2D eigenvalue weighted by Gasteiger charge is -2.34. The first kappa shape index (κ1) is 28.0. The first-order valence-electron chi connectivity index (χ1n) is 13.8. The molecule has 0 bridgehead atoms. The van der Waals surface area contributed by atoms with Gasteiger partial charge in [0.15, 0.2) is 0 Å². The molecular formula is C32H34F3NO4. The third kappa shape index (κ3) is 5.97. The highest BCUT2D eigenvalue weighted by Gasteiger charge is 2.33. The molecule has 2 unspecified atom stereocenters. The number of hydrogen-bond donors (Lipinski definition) is 1. The number of ether oxygens (including phenoxy) is 2. The van der Waals surface area contributed by atoms with E-state index in [9.17, 15) is 23.1 Å². The zero-order chi connectivity index (χ0) is 28.2. The van der Waals surface area contributed by atoms with Crippen molar-refractivity contribution in [3.8, 4) is 22.6 Å². The van der Waals surface area contributed by atoms with E-state index in [2.05, 4.69) is 18.2 Å².